The number of methoxy groups -OCH3 is 2. The van der Waals surface area contributed by atoms with Crippen molar-refractivity contribution in [3.63, 3.8) is 0 Å². The summed E-state index contributed by atoms with van der Waals surface area (Å²) in [6.45, 7) is 5.35. The van der Waals surface area contributed by atoms with Crippen molar-refractivity contribution in [1.29, 1.82) is 0 Å². The molecule has 1 unspecified atom stereocenters. The Labute approximate surface area is 177 Å². The second-order valence-corrected chi connectivity index (χ2v) is 7.42. The Morgan fingerprint density at radius 3 is 2.27 bits per heavy atom. The Hall–Kier alpha value is -2.77. The molecule has 7 nitrogen and oxygen atoms in total. The molecule has 0 radical (unpaired) electrons. The van der Waals surface area contributed by atoms with Gasteiger partial charge in [0.1, 0.15) is 30.0 Å². The molecule has 2 aromatic rings. The lowest BCUT2D eigenvalue weighted by Crippen LogP contribution is -2.51. The first-order chi connectivity index (χ1) is 14.5. The second-order valence-electron chi connectivity index (χ2n) is 7.42. The number of β-amino-alcohol motifs (C(OH)–C–C–N with tert-alkyl or cyclic N) is 1. The number of rotatable bonds is 8. The topological polar surface area (TPSA) is 71.5 Å². The molecule has 0 bridgehead atoms. The Balaban J connectivity index is 1.48. The minimum Gasteiger partial charge on any atom is -0.497 e. The third-order valence-electron chi connectivity index (χ3n) is 5.25. The summed E-state index contributed by atoms with van der Waals surface area (Å²) in [6.07, 6.45) is -0.588. The van der Waals surface area contributed by atoms with E-state index in [4.69, 9.17) is 14.2 Å². The van der Waals surface area contributed by atoms with Gasteiger partial charge in [-0.1, -0.05) is 18.2 Å². The van der Waals surface area contributed by atoms with Gasteiger partial charge in [0.15, 0.2) is 0 Å². The van der Waals surface area contributed by atoms with Crippen LogP contribution in [0, 0.1) is 6.92 Å². The number of hydrogen-bond donors (Lipinski definition) is 1. The number of para-hydroxylation sites is 1. The summed E-state index contributed by atoms with van der Waals surface area (Å²) >= 11 is 0. The van der Waals surface area contributed by atoms with Crippen LogP contribution >= 0.6 is 0 Å². The van der Waals surface area contributed by atoms with E-state index in [1.165, 1.54) is 0 Å². The van der Waals surface area contributed by atoms with Gasteiger partial charge in [0, 0.05) is 44.4 Å². The fourth-order valence-electron chi connectivity index (χ4n) is 3.50. The number of hydrogen-bond acceptors (Lipinski definition) is 6. The summed E-state index contributed by atoms with van der Waals surface area (Å²) in [5.41, 5.74) is 1.59. The molecule has 1 aliphatic rings. The lowest BCUT2D eigenvalue weighted by Gasteiger charge is -2.35. The molecule has 3 rings (SSSR count). The molecule has 1 saturated heterocycles. The predicted octanol–water partition coefficient (Wildman–Crippen LogP) is 2.21. The molecular weight excluding hydrogens is 384 g/mol. The standard InChI is InChI=1S/C23H30N2O5/c1-17-6-4-5-7-22(17)30-16-19(26)15-24-8-10-25(11-9-24)23(27)18-12-20(28-2)14-21(13-18)29-3/h4-7,12-14,19,26H,8-11,15-16H2,1-3H3. The predicted molar refractivity (Wildman–Crippen MR) is 115 cm³/mol. The maximum absolute atomic E-state index is 12.9. The molecule has 30 heavy (non-hydrogen) atoms. The van der Waals surface area contributed by atoms with Gasteiger partial charge in [0.2, 0.25) is 0 Å². The van der Waals surface area contributed by atoms with Crippen LogP contribution in [-0.2, 0) is 0 Å². The number of benzene rings is 2. The van der Waals surface area contributed by atoms with E-state index in [-0.39, 0.29) is 12.5 Å². The normalized spacial score (nSPS) is 15.5. The van der Waals surface area contributed by atoms with E-state index in [0.29, 0.717) is 49.8 Å². The summed E-state index contributed by atoms with van der Waals surface area (Å²) < 4.78 is 16.3. The number of aryl methyl sites for hydroxylation is 1. The molecule has 0 aliphatic carbocycles. The van der Waals surface area contributed by atoms with Crippen LogP contribution in [-0.4, -0.2) is 80.5 Å². The minimum atomic E-state index is -0.588. The Morgan fingerprint density at radius 2 is 1.67 bits per heavy atom. The van der Waals surface area contributed by atoms with E-state index in [2.05, 4.69) is 4.90 Å². The number of ether oxygens (including phenoxy) is 3. The highest BCUT2D eigenvalue weighted by Crippen LogP contribution is 2.24. The number of carbonyl (C=O) groups is 1. The van der Waals surface area contributed by atoms with Crippen molar-refractivity contribution >= 4 is 5.91 Å². The van der Waals surface area contributed by atoms with Crippen molar-refractivity contribution in [3.8, 4) is 17.2 Å². The molecular formula is C23H30N2O5. The van der Waals surface area contributed by atoms with E-state index < -0.39 is 6.10 Å². The maximum atomic E-state index is 12.9. The lowest BCUT2D eigenvalue weighted by molar-refractivity contribution is 0.0402. The second kappa shape index (κ2) is 10.3. The highest BCUT2D eigenvalue weighted by Gasteiger charge is 2.24. The number of nitrogens with zero attached hydrogens (tertiary/aromatic N) is 2. The molecule has 0 aromatic heterocycles. The average Bonchev–Trinajstić information content (AvgIpc) is 2.78. The third kappa shape index (κ3) is 5.64. The Morgan fingerprint density at radius 1 is 1.03 bits per heavy atom. The number of aliphatic hydroxyl groups is 1. The number of carbonyl (C=O) groups excluding carboxylic acids is 1. The van der Waals surface area contributed by atoms with Crippen molar-refractivity contribution < 1.29 is 24.1 Å². The van der Waals surface area contributed by atoms with Gasteiger partial charge in [0.25, 0.3) is 5.91 Å². The van der Waals surface area contributed by atoms with Crippen molar-refractivity contribution in [2.45, 2.75) is 13.0 Å². The smallest absolute Gasteiger partial charge is 0.254 e. The number of piperazine rings is 1. The maximum Gasteiger partial charge on any atom is 0.254 e. The zero-order chi connectivity index (χ0) is 21.5. The zero-order valence-electron chi connectivity index (χ0n) is 17.8. The first kappa shape index (κ1) is 21.9. The van der Waals surface area contributed by atoms with Crippen molar-refractivity contribution in [3.05, 3.63) is 53.6 Å². The number of aliphatic hydroxyl groups excluding tert-OH is 1. The summed E-state index contributed by atoms with van der Waals surface area (Å²) in [4.78, 5) is 16.9. The monoisotopic (exact) mass is 414 g/mol. The van der Waals surface area contributed by atoms with E-state index in [1.807, 2.05) is 36.1 Å². The van der Waals surface area contributed by atoms with E-state index in [9.17, 15) is 9.90 Å². The van der Waals surface area contributed by atoms with Gasteiger partial charge in [-0.05, 0) is 30.7 Å². The van der Waals surface area contributed by atoms with Gasteiger partial charge in [-0.2, -0.15) is 0 Å². The van der Waals surface area contributed by atoms with E-state index in [0.717, 1.165) is 11.3 Å². The van der Waals surface area contributed by atoms with Crippen LogP contribution in [0.2, 0.25) is 0 Å². The molecule has 1 heterocycles. The van der Waals surface area contributed by atoms with Crippen molar-refractivity contribution in [2.24, 2.45) is 0 Å². The first-order valence-corrected chi connectivity index (χ1v) is 10.1. The third-order valence-corrected chi connectivity index (χ3v) is 5.25. The molecule has 1 amide bonds. The SMILES string of the molecule is COc1cc(OC)cc(C(=O)N2CCN(CC(O)COc3ccccc3C)CC2)c1. The van der Waals surface area contributed by atoms with Crippen LogP contribution < -0.4 is 14.2 Å². The fourth-order valence-corrected chi connectivity index (χ4v) is 3.50. The molecule has 0 spiro atoms. The number of amides is 1. The van der Waals surface area contributed by atoms with Gasteiger partial charge in [-0.3, -0.25) is 9.69 Å². The highest BCUT2D eigenvalue weighted by molar-refractivity contribution is 5.95. The fraction of sp³-hybridized carbons (Fsp3) is 0.435. The molecule has 2 aromatic carbocycles. The van der Waals surface area contributed by atoms with Gasteiger partial charge in [0.05, 0.1) is 14.2 Å². The molecule has 0 saturated carbocycles. The molecule has 1 aliphatic heterocycles. The van der Waals surface area contributed by atoms with Gasteiger partial charge < -0.3 is 24.2 Å². The highest BCUT2D eigenvalue weighted by atomic mass is 16.5. The molecule has 7 heteroatoms. The van der Waals surface area contributed by atoms with Crippen LogP contribution in [0.3, 0.4) is 0 Å². The minimum absolute atomic E-state index is 0.0460. The van der Waals surface area contributed by atoms with E-state index in [1.54, 1.807) is 32.4 Å². The lowest BCUT2D eigenvalue weighted by atomic mass is 10.1. The average molecular weight is 415 g/mol. The van der Waals surface area contributed by atoms with Gasteiger partial charge in [-0.25, -0.2) is 0 Å². The van der Waals surface area contributed by atoms with Crippen LogP contribution in [0.25, 0.3) is 0 Å². The molecule has 1 fully saturated rings. The van der Waals surface area contributed by atoms with Crippen LogP contribution in [0.15, 0.2) is 42.5 Å². The van der Waals surface area contributed by atoms with Crippen LogP contribution in [0.5, 0.6) is 17.2 Å². The summed E-state index contributed by atoms with van der Waals surface area (Å²) in [5, 5.41) is 10.3. The quantitative estimate of drug-likeness (QED) is 0.714. The van der Waals surface area contributed by atoms with Gasteiger partial charge in [-0.15, -0.1) is 0 Å². The largest absolute Gasteiger partial charge is 0.497 e. The molecule has 1 atom stereocenters. The van der Waals surface area contributed by atoms with E-state index >= 15 is 0 Å². The Kier molecular flexibility index (Phi) is 7.54. The van der Waals surface area contributed by atoms with Gasteiger partial charge >= 0.3 is 0 Å². The van der Waals surface area contributed by atoms with Crippen LogP contribution in [0.1, 0.15) is 15.9 Å². The Bertz CT molecular complexity index is 827. The first-order valence-electron chi connectivity index (χ1n) is 10.1. The molecule has 162 valence electrons. The molecule has 1 N–H and O–H groups in total. The summed E-state index contributed by atoms with van der Waals surface area (Å²) in [7, 11) is 3.13. The van der Waals surface area contributed by atoms with Crippen molar-refractivity contribution in [2.75, 3.05) is 53.6 Å². The van der Waals surface area contributed by atoms with Crippen LogP contribution in [0.4, 0.5) is 0 Å². The summed E-state index contributed by atoms with van der Waals surface area (Å²) in [5.74, 6) is 1.93. The van der Waals surface area contributed by atoms with Crippen molar-refractivity contribution in [1.82, 2.24) is 9.80 Å². The summed E-state index contributed by atoms with van der Waals surface area (Å²) in [6, 6.07) is 13.0. The zero-order valence-corrected chi connectivity index (χ0v) is 17.8.